The van der Waals surface area contributed by atoms with E-state index < -0.39 is 5.41 Å². The molecule has 182 valence electrons. The summed E-state index contributed by atoms with van der Waals surface area (Å²) in [6, 6.07) is 3.80. The van der Waals surface area contributed by atoms with Crippen LogP contribution in [0.3, 0.4) is 0 Å². The third-order valence-corrected chi connectivity index (χ3v) is 7.93. The summed E-state index contributed by atoms with van der Waals surface area (Å²) in [4.78, 5) is 27.3. The molecule has 35 heavy (non-hydrogen) atoms. The van der Waals surface area contributed by atoms with E-state index in [-0.39, 0.29) is 12.1 Å². The van der Waals surface area contributed by atoms with Gasteiger partial charge in [0.1, 0.15) is 11.8 Å². The minimum Gasteiger partial charge on any atom is -0.462 e. The molecule has 0 atom stereocenters. The monoisotopic (exact) mass is 509 g/mol. The quantitative estimate of drug-likeness (QED) is 0.195. The zero-order valence-corrected chi connectivity index (χ0v) is 21.8. The van der Waals surface area contributed by atoms with Gasteiger partial charge in [-0.05, 0) is 50.9 Å². The number of piperidine rings is 1. The smallest absolute Gasteiger partial charge is 0.311 e. The number of hydrogen-bond acceptors (Lipinski definition) is 10. The molecule has 0 bridgehead atoms. The van der Waals surface area contributed by atoms with Crippen molar-refractivity contribution in [1.82, 2.24) is 14.3 Å². The molecule has 9 nitrogen and oxygen atoms in total. The van der Waals surface area contributed by atoms with Crippen molar-refractivity contribution in [1.29, 1.82) is 0 Å². The van der Waals surface area contributed by atoms with Gasteiger partial charge in [-0.25, -0.2) is 14.2 Å². The number of aryl methyl sites for hydroxylation is 1. The normalized spacial score (nSPS) is 14.9. The molecule has 3 aromatic heterocycles. The van der Waals surface area contributed by atoms with Crippen molar-refractivity contribution in [3.8, 4) is 11.3 Å². The van der Waals surface area contributed by atoms with Crippen molar-refractivity contribution in [2.24, 2.45) is 15.6 Å². The first-order valence-corrected chi connectivity index (χ1v) is 13.0. The maximum Gasteiger partial charge on any atom is 0.311 e. The van der Waals surface area contributed by atoms with E-state index >= 15 is 0 Å². The van der Waals surface area contributed by atoms with Crippen LogP contribution in [0.15, 0.2) is 34.8 Å². The highest BCUT2D eigenvalue weighted by Crippen LogP contribution is 2.43. The van der Waals surface area contributed by atoms with Gasteiger partial charge in [-0.3, -0.25) is 9.78 Å². The van der Waals surface area contributed by atoms with Gasteiger partial charge in [0, 0.05) is 43.9 Å². The summed E-state index contributed by atoms with van der Waals surface area (Å²) in [5.41, 5.74) is 2.16. The Morgan fingerprint density at radius 3 is 2.71 bits per heavy atom. The fraction of sp³-hybridized carbons (Fsp3) is 0.458. The Kier molecular flexibility index (Phi) is 7.52. The summed E-state index contributed by atoms with van der Waals surface area (Å²) in [5.74, 6) is -0.133. The Morgan fingerprint density at radius 2 is 2.06 bits per heavy atom. The van der Waals surface area contributed by atoms with Crippen molar-refractivity contribution in [2.75, 3.05) is 18.0 Å². The highest BCUT2D eigenvalue weighted by atomic mass is 32.1. The maximum absolute atomic E-state index is 12.5. The third kappa shape index (κ3) is 5.55. The molecular weight excluding hydrogens is 482 g/mol. The lowest BCUT2D eigenvalue weighted by molar-refractivity contribution is -0.160. The Bertz CT molecular complexity index is 1250. The molecule has 1 aliphatic rings. The SMILES string of the molecule is [C-]#[N+]c1c(C)nsc1/N=N/c1sc(N2CCC(OC(=O)C(C)(C)CC)CC2)nc1-c1cccnc1. The highest BCUT2D eigenvalue weighted by Gasteiger charge is 2.31. The summed E-state index contributed by atoms with van der Waals surface area (Å²) >= 11 is 2.61. The molecule has 0 spiro atoms. The predicted molar refractivity (Wildman–Crippen MR) is 138 cm³/mol. The molecule has 3 aromatic rings. The largest absolute Gasteiger partial charge is 0.462 e. The van der Waals surface area contributed by atoms with Gasteiger partial charge >= 0.3 is 5.97 Å². The average Bonchev–Trinajstić information content (AvgIpc) is 3.46. The first-order chi connectivity index (χ1) is 16.8. The Morgan fingerprint density at radius 1 is 1.31 bits per heavy atom. The van der Waals surface area contributed by atoms with Gasteiger partial charge in [0.2, 0.25) is 5.69 Å². The summed E-state index contributed by atoms with van der Waals surface area (Å²) in [6.45, 7) is 16.5. The highest BCUT2D eigenvalue weighted by molar-refractivity contribution is 7.19. The number of hydrogen-bond donors (Lipinski definition) is 0. The van der Waals surface area contributed by atoms with Crippen LogP contribution >= 0.6 is 22.9 Å². The van der Waals surface area contributed by atoms with Crippen LogP contribution in [0, 0.1) is 18.9 Å². The minimum absolute atomic E-state index is 0.0805. The lowest BCUT2D eigenvalue weighted by atomic mass is 9.90. The van der Waals surface area contributed by atoms with Gasteiger partial charge in [0.15, 0.2) is 15.1 Å². The van der Waals surface area contributed by atoms with Gasteiger partial charge in [-0.15, -0.1) is 10.2 Å². The molecule has 0 aromatic carbocycles. The molecule has 4 rings (SSSR count). The second-order valence-electron chi connectivity index (χ2n) is 8.95. The fourth-order valence-electron chi connectivity index (χ4n) is 3.45. The van der Waals surface area contributed by atoms with Crippen molar-refractivity contribution >= 4 is 49.7 Å². The van der Waals surface area contributed by atoms with E-state index in [0.29, 0.717) is 27.1 Å². The minimum atomic E-state index is -0.464. The van der Waals surface area contributed by atoms with Crippen molar-refractivity contribution in [3.63, 3.8) is 0 Å². The van der Waals surface area contributed by atoms with Crippen LogP contribution in [0.4, 0.5) is 20.8 Å². The van der Waals surface area contributed by atoms with E-state index in [2.05, 4.69) is 29.3 Å². The number of aromatic nitrogens is 3. The Hall–Kier alpha value is -3.23. The second kappa shape index (κ2) is 10.6. The summed E-state index contributed by atoms with van der Waals surface area (Å²) in [7, 11) is 0. The summed E-state index contributed by atoms with van der Waals surface area (Å²) in [6.07, 6.45) is 5.63. The van der Waals surface area contributed by atoms with Crippen LogP contribution in [-0.2, 0) is 9.53 Å². The number of carbonyl (C=O) groups is 1. The van der Waals surface area contributed by atoms with Crippen LogP contribution in [0.1, 0.15) is 45.7 Å². The molecule has 0 unspecified atom stereocenters. The molecule has 0 saturated carbocycles. The van der Waals surface area contributed by atoms with Crippen molar-refractivity contribution < 1.29 is 9.53 Å². The van der Waals surface area contributed by atoms with Crippen molar-refractivity contribution in [2.45, 2.75) is 53.1 Å². The number of anilines is 1. The first-order valence-electron chi connectivity index (χ1n) is 11.4. The lowest BCUT2D eigenvalue weighted by Gasteiger charge is -2.33. The average molecular weight is 510 g/mol. The van der Waals surface area contributed by atoms with E-state index in [1.807, 2.05) is 32.9 Å². The zero-order chi connectivity index (χ0) is 25.0. The molecule has 1 saturated heterocycles. The third-order valence-electron chi connectivity index (χ3n) is 6.11. The number of nitrogens with zero attached hydrogens (tertiary/aromatic N) is 7. The standard InChI is InChI=1S/C24H27N7O2S2/c1-6-24(3,4)22(32)33-17-9-12-31(13-10-17)23-27-19(16-8-7-11-26-14-16)20(34-23)28-29-21-18(25-5)15(2)30-35-21/h7-8,11,14,17H,6,9-10,12-13H2,1-4H3/b29-28+. The van der Waals surface area contributed by atoms with Crippen molar-refractivity contribution in [3.05, 3.63) is 41.6 Å². The lowest BCUT2D eigenvalue weighted by Crippen LogP contribution is -2.39. The van der Waals surface area contributed by atoms with Crippen LogP contribution in [-0.4, -0.2) is 39.5 Å². The molecule has 11 heteroatoms. The molecule has 0 N–H and O–H groups in total. The number of thiazole rings is 1. The molecule has 4 heterocycles. The van der Waals surface area contributed by atoms with Gasteiger partial charge in [-0.1, -0.05) is 18.3 Å². The zero-order valence-electron chi connectivity index (χ0n) is 20.2. The van der Waals surface area contributed by atoms with Gasteiger partial charge in [0.25, 0.3) is 0 Å². The number of ether oxygens (including phenoxy) is 1. The Balaban J connectivity index is 1.54. The van der Waals surface area contributed by atoms with E-state index in [0.717, 1.165) is 54.6 Å². The molecule has 0 radical (unpaired) electrons. The number of pyridine rings is 1. The molecule has 1 fully saturated rings. The van der Waals surface area contributed by atoms with Gasteiger partial charge < -0.3 is 9.64 Å². The number of esters is 1. The molecular formula is C24H27N7O2S2. The van der Waals surface area contributed by atoms with Crippen LogP contribution in [0.5, 0.6) is 0 Å². The van der Waals surface area contributed by atoms with E-state index in [1.165, 1.54) is 11.3 Å². The van der Waals surface area contributed by atoms with Gasteiger partial charge in [0.05, 0.1) is 17.7 Å². The maximum atomic E-state index is 12.5. The fourth-order valence-corrected chi connectivity index (χ4v) is 5.08. The van der Waals surface area contributed by atoms with Gasteiger partial charge in [-0.2, -0.15) is 0 Å². The van der Waals surface area contributed by atoms with E-state index in [9.17, 15) is 4.79 Å². The second-order valence-corrected chi connectivity index (χ2v) is 10.7. The van der Waals surface area contributed by atoms with E-state index in [1.54, 1.807) is 19.3 Å². The topological polar surface area (TPSA) is 97.3 Å². The van der Waals surface area contributed by atoms with Crippen LogP contribution in [0.2, 0.25) is 0 Å². The first kappa shape index (κ1) is 24.9. The Labute approximate surface area is 212 Å². The molecule has 1 aliphatic heterocycles. The number of azo groups is 1. The summed E-state index contributed by atoms with van der Waals surface area (Å²) in [5, 5.41) is 10.8. The molecule has 0 aliphatic carbocycles. The number of rotatable bonds is 7. The van der Waals surface area contributed by atoms with Crippen LogP contribution in [0.25, 0.3) is 16.1 Å². The van der Waals surface area contributed by atoms with E-state index in [4.69, 9.17) is 16.3 Å². The van der Waals surface area contributed by atoms with Crippen LogP contribution < -0.4 is 4.90 Å². The molecule has 0 amide bonds. The predicted octanol–water partition coefficient (Wildman–Crippen LogP) is 6.88. The summed E-state index contributed by atoms with van der Waals surface area (Å²) < 4.78 is 10.0. The number of carbonyl (C=O) groups excluding carboxylic acids is 1.